The average molecular weight is 248 g/mol. The summed E-state index contributed by atoms with van der Waals surface area (Å²) < 4.78 is 0. The van der Waals surface area contributed by atoms with Crippen molar-refractivity contribution >= 4 is 5.91 Å². The minimum Gasteiger partial charge on any atom is -0.348 e. The van der Waals surface area contributed by atoms with Crippen molar-refractivity contribution in [2.24, 2.45) is 11.1 Å². The Morgan fingerprint density at radius 3 is 2.33 bits per heavy atom. The summed E-state index contributed by atoms with van der Waals surface area (Å²) in [5.41, 5.74) is 8.03. The zero-order valence-corrected chi connectivity index (χ0v) is 11.9. The predicted octanol–water partition coefficient (Wildman–Crippen LogP) is 2.55. The van der Waals surface area contributed by atoms with E-state index in [4.69, 9.17) is 5.73 Å². The molecule has 18 heavy (non-hydrogen) atoms. The van der Waals surface area contributed by atoms with Crippen LogP contribution in [0, 0.1) is 12.3 Å². The molecule has 1 amide bonds. The molecule has 1 rings (SSSR count). The number of amides is 1. The van der Waals surface area contributed by atoms with E-state index in [0.717, 1.165) is 5.56 Å². The highest BCUT2D eigenvalue weighted by Gasteiger charge is 2.28. The molecule has 0 radical (unpaired) electrons. The number of nitrogens with one attached hydrogen (secondary N) is 1. The molecule has 100 valence electrons. The summed E-state index contributed by atoms with van der Waals surface area (Å²) >= 11 is 0. The lowest BCUT2D eigenvalue weighted by molar-refractivity contribution is -0.125. The molecular formula is C15H24N2O. The molecule has 1 aromatic carbocycles. The SMILES string of the molecule is Cc1ccccc1C(C)NC(=O)C(N)C(C)(C)C. The molecule has 0 aliphatic carbocycles. The van der Waals surface area contributed by atoms with Gasteiger partial charge in [-0.15, -0.1) is 0 Å². The highest BCUT2D eigenvalue weighted by Crippen LogP contribution is 2.20. The van der Waals surface area contributed by atoms with E-state index in [1.54, 1.807) is 0 Å². The summed E-state index contributed by atoms with van der Waals surface area (Å²) in [6.45, 7) is 9.93. The lowest BCUT2D eigenvalue weighted by atomic mass is 9.86. The van der Waals surface area contributed by atoms with E-state index in [2.05, 4.69) is 5.32 Å². The number of hydrogen-bond donors (Lipinski definition) is 2. The Morgan fingerprint density at radius 2 is 1.83 bits per heavy atom. The van der Waals surface area contributed by atoms with Gasteiger partial charge in [0.1, 0.15) is 0 Å². The van der Waals surface area contributed by atoms with Crippen LogP contribution in [0.3, 0.4) is 0 Å². The second-order valence-corrected chi connectivity index (χ2v) is 5.93. The van der Waals surface area contributed by atoms with Gasteiger partial charge in [0.2, 0.25) is 5.91 Å². The second-order valence-electron chi connectivity index (χ2n) is 5.93. The molecule has 1 aromatic rings. The summed E-state index contributed by atoms with van der Waals surface area (Å²) in [4.78, 5) is 12.0. The van der Waals surface area contributed by atoms with Gasteiger partial charge in [-0.2, -0.15) is 0 Å². The third kappa shape index (κ3) is 3.57. The van der Waals surface area contributed by atoms with Crippen LogP contribution in [-0.4, -0.2) is 11.9 Å². The third-order valence-corrected chi connectivity index (χ3v) is 3.23. The molecule has 0 aliphatic rings. The van der Waals surface area contributed by atoms with Gasteiger partial charge in [-0.05, 0) is 30.4 Å². The van der Waals surface area contributed by atoms with Gasteiger partial charge in [-0.3, -0.25) is 4.79 Å². The smallest absolute Gasteiger partial charge is 0.237 e. The first-order valence-corrected chi connectivity index (χ1v) is 6.35. The number of carbonyl (C=O) groups is 1. The van der Waals surface area contributed by atoms with E-state index < -0.39 is 6.04 Å². The van der Waals surface area contributed by atoms with Crippen molar-refractivity contribution < 1.29 is 4.79 Å². The molecule has 0 heterocycles. The molecule has 3 heteroatoms. The summed E-state index contributed by atoms with van der Waals surface area (Å²) in [6.07, 6.45) is 0. The maximum Gasteiger partial charge on any atom is 0.237 e. The molecule has 2 atom stereocenters. The molecule has 0 saturated heterocycles. The zero-order valence-electron chi connectivity index (χ0n) is 11.9. The zero-order chi connectivity index (χ0) is 13.9. The highest BCUT2D eigenvalue weighted by atomic mass is 16.2. The van der Waals surface area contributed by atoms with Gasteiger partial charge in [0.25, 0.3) is 0 Å². The lowest BCUT2D eigenvalue weighted by Crippen LogP contribution is -2.49. The quantitative estimate of drug-likeness (QED) is 0.863. The largest absolute Gasteiger partial charge is 0.348 e. The van der Waals surface area contributed by atoms with Gasteiger partial charge in [0.05, 0.1) is 12.1 Å². The Bertz CT molecular complexity index is 421. The van der Waals surface area contributed by atoms with Crippen LogP contribution < -0.4 is 11.1 Å². The van der Waals surface area contributed by atoms with Crippen LogP contribution in [0.15, 0.2) is 24.3 Å². The monoisotopic (exact) mass is 248 g/mol. The van der Waals surface area contributed by atoms with Crippen molar-refractivity contribution in [1.29, 1.82) is 0 Å². The minimum atomic E-state index is -0.496. The Morgan fingerprint density at radius 1 is 1.28 bits per heavy atom. The third-order valence-electron chi connectivity index (χ3n) is 3.23. The molecule has 2 unspecified atom stereocenters. The van der Waals surface area contributed by atoms with Gasteiger partial charge < -0.3 is 11.1 Å². The van der Waals surface area contributed by atoms with Gasteiger partial charge in [-0.25, -0.2) is 0 Å². The van der Waals surface area contributed by atoms with Crippen LogP contribution in [0.2, 0.25) is 0 Å². The molecule has 0 spiro atoms. The normalized spacial score (nSPS) is 15.0. The molecule has 0 aliphatic heterocycles. The molecule has 0 bridgehead atoms. The maximum atomic E-state index is 12.0. The van der Waals surface area contributed by atoms with Crippen LogP contribution in [0.25, 0.3) is 0 Å². The van der Waals surface area contributed by atoms with E-state index >= 15 is 0 Å². The number of carbonyl (C=O) groups excluding carboxylic acids is 1. The average Bonchev–Trinajstić information content (AvgIpc) is 2.27. The summed E-state index contributed by atoms with van der Waals surface area (Å²) in [5.74, 6) is -0.0988. The summed E-state index contributed by atoms with van der Waals surface area (Å²) in [7, 11) is 0. The highest BCUT2D eigenvalue weighted by molar-refractivity contribution is 5.82. The number of aryl methyl sites for hydroxylation is 1. The van der Waals surface area contributed by atoms with Crippen LogP contribution in [-0.2, 0) is 4.79 Å². The van der Waals surface area contributed by atoms with Gasteiger partial charge in [-0.1, -0.05) is 45.0 Å². The Balaban J connectivity index is 2.75. The Kier molecular flexibility index (Phi) is 4.52. The molecule has 0 saturated carbocycles. The number of hydrogen-bond acceptors (Lipinski definition) is 2. The summed E-state index contributed by atoms with van der Waals surface area (Å²) in [5, 5.41) is 2.98. The molecule has 0 fully saturated rings. The van der Waals surface area contributed by atoms with Crippen molar-refractivity contribution in [2.75, 3.05) is 0 Å². The number of nitrogens with two attached hydrogens (primary N) is 1. The van der Waals surface area contributed by atoms with E-state index in [1.807, 2.05) is 58.9 Å². The van der Waals surface area contributed by atoms with Crippen LogP contribution in [0.1, 0.15) is 44.9 Å². The fourth-order valence-corrected chi connectivity index (χ4v) is 1.85. The van der Waals surface area contributed by atoms with E-state index in [0.29, 0.717) is 0 Å². The maximum absolute atomic E-state index is 12.0. The second kappa shape index (κ2) is 5.53. The van der Waals surface area contributed by atoms with Crippen molar-refractivity contribution in [3.63, 3.8) is 0 Å². The van der Waals surface area contributed by atoms with Crippen molar-refractivity contribution in [3.8, 4) is 0 Å². The Hall–Kier alpha value is -1.35. The van der Waals surface area contributed by atoms with Gasteiger partial charge >= 0.3 is 0 Å². The van der Waals surface area contributed by atoms with Crippen molar-refractivity contribution in [2.45, 2.75) is 46.7 Å². The summed E-state index contributed by atoms with van der Waals surface area (Å²) in [6, 6.07) is 7.53. The first kappa shape index (κ1) is 14.7. The number of benzene rings is 1. The number of rotatable bonds is 3. The Labute approximate surface area is 110 Å². The first-order valence-electron chi connectivity index (χ1n) is 6.35. The van der Waals surface area contributed by atoms with Crippen molar-refractivity contribution in [3.05, 3.63) is 35.4 Å². The first-order chi connectivity index (χ1) is 8.23. The van der Waals surface area contributed by atoms with Gasteiger partial charge in [0.15, 0.2) is 0 Å². The minimum absolute atomic E-state index is 0.0212. The van der Waals surface area contributed by atoms with Crippen LogP contribution in [0.5, 0.6) is 0 Å². The fourth-order valence-electron chi connectivity index (χ4n) is 1.85. The molecule has 3 N–H and O–H groups in total. The molecule has 3 nitrogen and oxygen atoms in total. The molecule has 0 aromatic heterocycles. The van der Waals surface area contributed by atoms with Gasteiger partial charge in [0, 0.05) is 0 Å². The topological polar surface area (TPSA) is 55.1 Å². The predicted molar refractivity (Wildman–Crippen MR) is 75.2 cm³/mol. The van der Waals surface area contributed by atoms with E-state index in [9.17, 15) is 4.79 Å². The van der Waals surface area contributed by atoms with Crippen LogP contribution >= 0.6 is 0 Å². The lowest BCUT2D eigenvalue weighted by Gasteiger charge is -2.27. The van der Waals surface area contributed by atoms with E-state index in [1.165, 1.54) is 5.56 Å². The van der Waals surface area contributed by atoms with Crippen LogP contribution in [0.4, 0.5) is 0 Å². The standard InChI is InChI=1S/C15H24N2O/c1-10-8-6-7-9-12(10)11(2)17-14(18)13(16)15(3,4)5/h6-9,11,13H,16H2,1-5H3,(H,17,18). The van der Waals surface area contributed by atoms with E-state index in [-0.39, 0.29) is 17.4 Å². The molecular weight excluding hydrogens is 224 g/mol. The fraction of sp³-hybridized carbons (Fsp3) is 0.533. The van der Waals surface area contributed by atoms with Crippen molar-refractivity contribution in [1.82, 2.24) is 5.32 Å².